The van der Waals surface area contributed by atoms with Gasteiger partial charge in [0.25, 0.3) is 5.56 Å². The standard InChI is InChI=1S/C21H25N9O13P2.2C6H15N/c22-16-10-7(1-2-24-16)29(5-25-10)19-13(32)14-9(41-19)4-39-45(36,37)43-15-12(31)8(3-38-44(34,35)42-14)40-20(15)30-6-26-11-17(30)27-21(23)28-18(11)33;2*1-4-7(5-2)6-3/h1-2,5-6,8-9,12-15,19-20,31-32H,3-4H2,(H2,22,24)(H,34,35)(H,36,37)(H3,23,27,28,33);2*4-6H2,1-3H3/t8-,9+,12+,13+,14+,15+,19+,20+;;/m0../s1. The number of aromatic amines is 1. The van der Waals surface area contributed by atoms with E-state index in [1.54, 1.807) is 0 Å². The van der Waals surface area contributed by atoms with Gasteiger partial charge in [0, 0.05) is 6.20 Å². The highest BCUT2D eigenvalue weighted by Gasteiger charge is 2.54. The number of rotatable bonds is 8. The summed E-state index contributed by atoms with van der Waals surface area (Å²) in [4.78, 5) is 56.7. The smallest absolute Gasteiger partial charge is 0.387 e. The van der Waals surface area contributed by atoms with Crippen LogP contribution >= 0.6 is 15.6 Å². The molecule has 3 saturated heterocycles. The third-order valence-electron chi connectivity index (χ3n) is 10.1. The lowest BCUT2D eigenvalue weighted by molar-refractivity contribution is -0.0671. The number of fused-ring (bicyclic) bond motifs is 5. The molecule has 0 radical (unpaired) electrons. The van der Waals surface area contributed by atoms with Gasteiger partial charge in [-0.15, -0.1) is 0 Å². The predicted octanol–water partition coefficient (Wildman–Crippen LogP) is 0.960. The Bertz CT molecular complexity index is 2130. The zero-order valence-corrected chi connectivity index (χ0v) is 35.5. The fourth-order valence-electron chi connectivity index (χ4n) is 6.77. The second-order valence-electron chi connectivity index (χ2n) is 13.5. The van der Waals surface area contributed by atoms with E-state index in [1.165, 1.54) is 62.4 Å². The molecule has 0 aromatic carbocycles. The van der Waals surface area contributed by atoms with E-state index in [-0.39, 0.29) is 28.4 Å². The highest BCUT2D eigenvalue weighted by Crippen LogP contribution is 2.53. The van der Waals surface area contributed by atoms with Crippen LogP contribution in [0.3, 0.4) is 0 Å². The van der Waals surface area contributed by atoms with Crippen LogP contribution in [0.15, 0.2) is 29.7 Å². The number of hydrogen-bond acceptors (Lipinski definition) is 19. The number of aromatic nitrogens is 7. The molecule has 3 aliphatic rings. The molecule has 7 rings (SSSR count). The summed E-state index contributed by atoms with van der Waals surface area (Å²) in [6, 6.07) is 1.54. The Morgan fingerprint density at radius 2 is 1.29 bits per heavy atom. The molecule has 26 heteroatoms. The van der Waals surface area contributed by atoms with Gasteiger partial charge in [0.2, 0.25) is 5.95 Å². The molecule has 24 nitrogen and oxygen atoms in total. The summed E-state index contributed by atoms with van der Waals surface area (Å²) in [5.41, 5.74) is 11.2. The first-order valence-corrected chi connectivity index (χ1v) is 22.2. The van der Waals surface area contributed by atoms with Crippen molar-refractivity contribution in [2.45, 2.75) is 90.6 Å². The molecule has 0 spiro atoms. The number of aliphatic hydroxyl groups excluding tert-OH is 2. The number of aliphatic hydroxyl groups is 2. The number of hydrogen-bond donors (Lipinski definition) is 7. The molecular weight excluding hydrogens is 820 g/mol. The van der Waals surface area contributed by atoms with Crippen LogP contribution in [0.1, 0.15) is 54.0 Å². The van der Waals surface area contributed by atoms with Gasteiger partial charge < -0.3 is 55.3 Å². The van der Waals surface area contributed by atoms with Crippen LogP contribution in [0, 0.1) is 0 Å². The molecule has 2 unspecified atom stereocenters. The number of imidazole rings is 2. The van der Waals surface area contributed by atoms with E-state index in [9.17, 15) is 33.9 Å². The molecule has 4 aromatic heterocycles. The number of anilines is 2. The predicted molar refractivity (Wildman–Crippen MR) is 213 cm³/mol. The lowest BCUT2D eigenvalue weighted by atomic mass is 10.1. The van der Waals surface area contributed by atoms with Crippen LogP contribution in [0.4, 0.5) is 11.8 Å². The third kappa shape index (κ3) is 10.7. The number of pyridine rings is 1. The van der Waals surface area contributed by atoms with Crippen molar-refractivity contribution >= 4 is 49.6 Å². The Morgan fingerprint density at radius 1 is 0.763 bits per heavy atom. The number of H-pyrrole nitrogens is 1. The normalized spacial score (nSPS) is 31.2. The number of phosphoric acid groups is 2. The minimum Gasteiger partial charge on any atom is -0.387 e. The molecule has 0 amide bonds. The second kappa shape index (κ2) is 19.9. The van der Waals surface area contributed by atoms with Crippen LogP contribution in [0.5, 0.6) is 0 Å². The second-order valence-corrected chi connectivity index (χ2v) is 16.3. The summed E-state index contributed by atoms with van der Waals surface area (Å²) in [5, 5.41) is 22.2. The van der Waals surface area contributed by atoms with E-state index < -0.39 is 83.5 Å². The average Bonchev–Trinajstić information content (AvgIpc) is 3.96. The molecule has 59 heavy (non-hydrogen) atoms. The summed E-state index contributed by atoms with van der Waals surface area (Å²) in [6.07, 6.45) is -8.70. The Labute approximate surface area is 339 Å². The summed E-state index contributed by atoms with van der Waals surface area (Å²) in [5.74, 6) is -0.183. The lowest BCUT2D eigenvalue weighted by Crippen LogP contribution is -2.36. The van der Waals surface area contributed by atoms with Crippen LogP contribution < -0.4 is 17.0 Å². The zero-order valence-electron chi connectivity index (χ0n) is 33.7. The summed E-state index contributed by atoms with van der Waals surface area (Å²) >= 11 is 0. The highest BCUT2D eigenvalue weighted by atomic mass is 31.2. The van der Waals surface area contributed by atoms with E-state index in [0.29, 0.717) is 5.52 Å². The Morgan fingerprint density at radius 3 is 1.86 bits per heavy atom. The lowest BCUT2D eigenvalue weighted by Gasteiger charge is -2.25. The topological polar surface area (TPSA) is 323 Å². The van der Waals surface area contributed by atoms with Crippen LogP contribution in [-0.2, 0) is 36.7 Å². The summed E-state index contributed by atoms with van der Waals surface area (Å²) < 4.78 is 61.3. The van der Waals surface area contributed by atoms with E-state index >= 15 is 0 Å². The molecular formula is C33H55N11O13P2. The third-order valence-corrected chi connectivity index (χ3v) is 12.1. The maximum absolute atomic E-state index is 13.2. The van der Waals surface area contributed by atoms with E-state index in [1.807, 2.05) is 0 Å². The van der Waals surface area contributed by atoms with Gasteiger partial charge in [-0.1, -0.05) is 41.5 Å². The highest BCUT2D eigenvalue weighted by molar-refractivity contribution is 7.47. The van der Waals surface area contributed by atoms with Crippen molar-refractivity contribution in [1.82, 2.24) is 43.9 Å². The van der Waals surface area contributed by atoms with Crippen molar-refractivity contribution in [2.75, 3.05) is 63.9 Å². The SMILES string of the molecule is CCN(CC)CC.CCN(CC)CC.Nc1nc2c(ncn2[C@@H]2O[C@H]3COP(=O)(O)O[C@H]4[C@@H](O)[C@H](n5cnc6c(N)nccc65)O[C@@H]4COP(=O)(O)O[C@@H]2[C@@H]3O)c(=O)[nH]1. The van der Waals surface area contributed by atoms with Crippen molar-refractivity contribution in [2.24, 2.45) is 0 Å². The van der Waals surface area contributed by atoms with Gasteiger partial charge in [-0.2, -0.15) is 4.98 Å². The van der Waals surface area contributed by atoms with E-state index in [2.05, 4.69) is 76.3 Å². The average molecular weight is 876 g/mol. The van der Waals surface area contributed by atoms with Crippen molar-refractivity contribution in [1.29, 1.82) is 0 Å². The maximum Gasteiger partial charge on any atom is 0.472 e. The molecule has 3 aliphatic heterocycles. The quantitative estimate of drug-likeness (QED) is 0.121. The van der Waals surface area contributed by atoms with E-state index in [4.69, 9.17) is 39.0 Å². The molecule has 9 N–H and O–H groups in total. The Kier molecular flexibility index (Phi) is 15.8. The van der Waals surface area contributed by atoms with Crippen molar-refractivity contribution in [3.8, 4) is 0 Å². The fraction of sp³-hybridized carbons (Fsp3) is 0.667. The molecule has 7 heterocycles. The van der Waals surface area contributed by atoms with Crippen molar-refractivity contribution in [3.05, 3.63) is 35.3 Å². The minimum absolute atomic E-state index is 0.0968. The van der Waals surface area contributed by atoms with Crippen LogP contribution in [-0.4, -0.2) is 153 Å². The van der Waals surface area contributed by atoms with Crippen LogP contribution in [0.2, 0.25) is 0 Å². The number of nitrogens with two attached hydrogens (primary N) is 2. The Hall–Kier alpha value is -3.45. The van der Waals surface area contributed by atoms with Gasteiger partial charge in [0.1, 0.15) is 42.1 Å². The molecule has 330 valence electrons. The number of ether oxygens (including phenoxy) is 2. The molecule has 3 fully saturated rings. The summed E-state index contributed by atoms with van der Waals surface area (Å²) in [6.45, 7) is 18.6. The number of nitrogens with zero attached hydrogens (tertiary/aromatic N) is 8. The number of nitrogen functional groups attached to an aromatic ring is 2. The van der Waals surface area contributed by atoms with Gasteiger partial charge in [0.05, 0.1) is 31.4 Å². The van der Waals surface area contributed by atoms with Gasteiger partial charge in [-0.3, -0.25) is 32.4 Å². The van der Waals surface area contributed by atoms with E-state index in [0.717, 1.165) is 10.9 Å². The van der Waals surface area contributed by atoms with Gasteiger partial charge in [0.15, 0.2) is 29.4 Å². The molecule has 0 saturated carbocycles. The van der Waals surface area contributed by atoms with Crippen LogP contribution in [0.25, 0.3) is 22.2 Å². The van der Waals surface area contributed by atoms with Crippen molar-refractivity contribution < 1.29 is 56.7 Å². The fourth-order valence-corrected chi connectivity index (χ4v) is 8.66. The molecule has 0 aliphatic carbocycles. The minimum atomic E-state index is -5.10. The number of nitrogens with one attached hydrogen (secondary N) is 1. The van der Waals surface area contributed by atoms with Gasteiger partial charge in [-0.25, -0.2) is 24.1 Å². The first kappa shape index (κ1) is 46.6. The largest absolute Gasteiger partial charge is 0.472 e. The molecule has 2 bridgehead atoms. The van der Waals surface area contributed by atoms with Gasteiger partial charge >= 0.3 is 15.6 Å². The van der Waals surface area contributed by atoms with Crippen molar-refractivity contribution in [3.63, 3.8) is 0 Å². The monoisotopic (exact) mass is 875 g/mol. The Balaban J connectivity index is 0.000000407. The maximum atomic E-state index is 13.2. The summed E-state index contributed by atoms with van der Waals surface area (Å²) in [7, 11) is -10.2. The molecule has 4 aromatic rings. The number of phosphoric ester groups is 2. The zero-order chi connectivity index (χ0) is 43.2. The first-order chi connectivity index (χ1) is 28.0. The molecule has 10 atom stereocenters. The van der Waals surface area contributed by atoms with Gasteiger partial charge in [-0.05, 0) is 45.3 Å². The first-order valence-electron chi connectivity index (χ1n) is 19.2.